The predicted molar refractivity (Wildman–Crippen MR) is 108 cm³/mol. The number of carbonyl (C=O) groups excluding carboxylic acids is 1. The highest BCUT2D eigenvalue weighted by Crippen LogP contribution is 2.45. The molecule has 2 aromatic carbocycles. The maximum atomic E-state index is 11.2. The minimum atomic E-state index is -0.323. The highest BCUT2D eigenvalue weighted by Gasteiger charge is 2.41. The quantitative estimate of drug-likeness (QED) is 0.612. The molecule has 2 aliphatic heterocycles. The largest absolute Gasteiger partial charge is 0.427 e. The molecule has 0 spiro atoms. The molecule has 0 radical (unpaired) electrons. The van der Waals surface area contributed by atoms with Gasteiger partial charge in [0.05, 0.1) is 19.3 Å². The molecule has 1 saturated heterocycles. The van der Waals surface area contributed by atoms with E-state index in [-0.39, 0.29) is 29.6 Å². The lowest BCUT2D eigenvalue weighted by molar-refractivity contribution is -0.151. The molecule has 0 amide bonds. The molecule has 5 nitrogen and oxygen atoms in total. The van der Waals surface area contributed by atoms with Gasteiger partial charge < -0.3 is 19.5 Å². The molecule has 0 aromatic heterocycles. The Balaban J connectivity index is 1.68. The second kappa shape index (κ2) is 7.22. The summed E-state index contributed by atoms with van der Waals surface area (Å²) in [7, 11) is 0. The van der Waals surface area contributed by atoms with Crippen LogP contribution in [0.4, 0.5) is 5.69 Å². The van der Waals surface area contributed by atoms with Crippen molar-refractivity contribution in [3.63, 3.8) is 0 Å². The molecule has 0 aliphatic carbocycles. The summed E-state index contributed by atoms with van der Waals surface area (Å²) in [5, 5.41) is 3.64. The van der Waals surface area contributed by atoms with Crippen molar-refractivity contribution in [1.29, 1.82) is 0 Å². The van der Waals surface area contributed by atoms with Crippen molar-refractivity contribution in [1.82, 2.24) is 0 Å². The molecular weight excluding hydrogens is 354 g/mol. The van der Waals surface area contributed by atoms with E-state index in [0.717, 1.165) is 16.8 Å². The smallest absolute Gasteiger partial charge is 0.308 e. The second-order valence-electron chi connectivity index (χ2n) is 8.46. The topological polar surface area (TPSA) is 56.8 Å². The molecule has 1 fully saturated rings. The molecule has 2 aliphatic rings. The van der Waals surface area contributed by atoms with Crippen LogP contribution < -0.4 is 10.1 Å². The van der Waals surface area contributed by atoms with Crippen LogP contribution in [0.1, 0.15) is 56.5 Å². The number of ether oxygens (including phenoxy) is 3. The van der Waals surface area contributed by atoms with E-state index in [2.05, 4.69) is 44.3 Å². The third-order valence-corrected chi connectivity index (χ3v) is 5.35. The number of rotatable bonds is 2. The van der Waals surface area contributed by atoms with Crippen molar-refractivity contribution in [3.8, 4) is 5.75 Å². The van der Waals surface area contributed by atoms with Crippen molar-refractivity contribution in [3.05, 3.63) is 59.2 Å². The fraction of sp³-hybridized carbons (Fsp3) is 0.435. The van der Waals surface area contributed by atoms with Crippen molar-refractivity contribution >= 4 is 11.7 Å². The van der Waals surface area contributed by atoms with Gasteiger partial charge in [0.1, 0.15) is 18.0 Å². The Kier molecular flexibility index (Phi) is 4.89. The standard InChI is InChI=1S/C23H27NO4/c1-14(25)28-17-8-5-15(6-9-17)20-22-21(26-11-12-27-22)18-13-16(23(2,3)4)7-10-19(18)24-20/h5-10,13,20-22,24H,11-12H2,1-4H3. The first-order valence-electron chi connectivity index (χ1n) is 9.75. The third-order valence-electron chi connectivity index (χ3n) is 5.35. The lowest BCUT2D eigenvalue weighted by Crippen LogP contribution is -2.43. The van der Waals surface area contributed by atoms with E-state index in [0.29, 0.717) is 19.0 Å². The van der Waals surface area contributed by atoms with E-state index < -0.39 is 0 Å². The predicted octanol–water partition coefficient (Wildman–Crippen LogP) is 4.53. The van der Waals surface area contributed by atoms with E-state index in [1.807, 2.05) is 24.3 Å². The number of esters is 1. The first-order chi connectivity index (χ1) is 13.3. The van der Waals surface area contributed by atoms with Gasteiger partial charge >= 0.3 is 5.97 Å². The van der Waals surface area contributed by atoms with Gasteiger partial charge in [0, 0.05) is 18.2 Å². The summed E-state index contributed by atoms with van der Waals surface area (Å²) in [5.41, 5.74) is 4.66. The molecule has 3 atom stereocenters. The van der Waals surface area contributed by atoms with Crippen LogP contribution in [0.25, 0.3) is 0 Å². The monoisotopic (exact) mass is 381 g/mol. The van der Waals surface area contributed by atoms with Crippen LogP contribution in [0.2, 0.25) is 0 Å². The Bertz CT molecular complexity index is 869. The second-order valence-corrected chi connectivity index (χ2v) is 8.46. The van der Waals surface area contributed by atoms with Crippen LogP contribution in [-0.2, 0) is 19.7 Å². The van der Waals surface area contributed by atoms with Gasteiger partial charge in [0.2, 0.25) is 0 Å². The van der Waals surface area contributed by atoms with E-state index in [1.165, 1.54) is 12.5 Å². The molecule has 3 unspecified atom stereocenters. The maximum Gasteiger partial charge on any atom is 0.308 e. The first-order valence-corrected chi connectivity index (χ1v) is 9.75. The summed E-state index contributed by atoms with van der Waals surface area (Å²) in [5.74, 6) is 0.218. The molecule has 4 rings (SSSR count). The summed E-state index contributed by atoms with van der Waals surface area (Å²) in [4.78, 5) is 11.2. The van der Waals surface area contributed by atoms with Crippen LogP contribution in [-0.4, -0.2) is 25.3 Å². The van der Waals surface area contributed by atoms with Crippen molar-refractivity contribution in [2.45, 2.75) is 51.4 Å². The molecule has 28 heavy (non-hydrogen) atoms. The summed E-state index contributed by atoms with van der Waals surface area (Å²) < 4.78 is 17.5. The molecule has 0 bridgehead atoms. The molecular formula is C23H27NO4. The van der Waals surface area contributed by atoms with Gasteiger partial charge in [-0.15, -0.1) is 0 Å². The van der Waals surface area contributed by atoms with Crippen LogP contribution in [0.15, 0.2) is 42.5 Å². The highest BCUT2D eigenvalue weighted by atomic mass is 16.6. The molecule has 2 heterocycles. The van der Waals surface area contributed by atoms with Crippen LogP contribution in [0, 0.1) is 0 Å². The van der Waals surface area contributed by atoms with Crippen LogP contribution >= 0.6 is 0 Å². The summed E-state index contributed by atoms with van der Waals surface area (Å²) in [6, 6.07) is 14.1. The van der Waals surface area contributed by atoms with Crippen molar-refractivity contribution in [2.75, 3.05) is 18.5 Å². The highest BCUT2D eigenvalue weighted by molar-refractivity contribution is 5.69. The summed E-state index contributed by atoms with van der Waals surface area (Å²) in [6.45, 7) is 9.23. The molecule has 1 N–H and O–H groups in total. The lowest BCUT2D eigenvalue weighted by atomic mass is 9.82. The number of carbonyl (C=O) groups is 1. The van der Waals surface area contributed by atoms with Crippen LogP contribution in [0.5, 0.6) is 5.75 Å². The van der Waals surface area contributed by atoms with E-state index >= 15 is 0 Å². The Morgan fingerprint density at radius 2 is 1.79 bits per heavy atom. The molecule has 2 aromatic rings. The zero-order chi connectivity index (χ0) is 19.9. The summed E-state index contributed by atoms with van der Waals surface area (Å²) in [6.07, 6.45) is -0.221. The minimum Gasteiger partial charge on any atom is -0.427 e. The number of anilines is 1. The molecule has 0 saturated carbocycles. The number of hydrogen-bond acceptors (Lipinski definition) is 5. The van der Waals surface area contributed by atoms with E-state index in [4.69, 9.17) is 14.2 Å². The van der Waals surface area contributed by atoms with Gasteiger partial charge in [0.25, 0.3) is 0 Å². The van der Waals surface area contributed by atoms with Gasteiger partial charge in [-0.05, 0) is 34.7 Å². The van der Waals surface area contributed by atoms with Gasteiger partial charge in [-0.25, -0.2) is 0 Å². The zero-order valence-electron chi connectivity index (χ0n) is 16.8. The van der Waals surface area contributed by atoms with Gasteiger partial charge in [0.15, 0.2) is 0 Å². The minimum absolute atomic E-state index is 0.0373. The van der Waals surface area contributed by atoms with Gasteiger partial charge in [-0.1, -0.05) is 45.0 Å². The fourth-order valence-electron chi connectivity index (χ4n) is 3.91. The number of benzene rings is 2. The average Bonchev–Trinajstić information content (AvgIpc) is 2.66. The van der Waals surface area contributed by atoms with Gasteiger partial charge in [-0.2, -0.15) is 0 Å². The van der Waals surface area contributed by atoms with Crippen LogP contribution in [0.3, 0.4) is 0 Å². The Labute approximate surface area is 166 Å². The Morgan fingerprint density at radius 1 is 1.07 bits per heavy atom. The number of fused-ring (bicyclic) bond motifs is 3. The SMILES string of the molecule is CC(=O)Oc1ccc(C2Nc3ccc(C(C)(C)C)cc3C3OCCOC23)cc1. The van der Waals surface area contributed by atoms with Gasteiger partial charge in [-0.3, -0.25) is 4.79 Å². The zero-order valence-corrected chi connectivity index (χ0v) is 16.8. The average molecular weight is 381 g/mol. The number of nitrogens with one attached hydrogen (secondary N) is 1. The lowest BCUT2D eigenvalue weighted by Gasteiger charge is -2.43. The van der Waals surface area contributed by atoms with E-state index in [9.17, 15) is 4.79 Å². The third kappa shape index (κ3) is 3.64. The first kappa shape index (κ1) is 19.0. The number of hydrogen-bond donors (Lipinski definition) is 1. The Hall–Kier alpha value is -2.37. The van der Waals surface area contributed by atoms with E-state index in [1.54, 1.807) is 0 Å². The normalized spacial score (nSPS) is 23.9. The Morgan fingerprint density at radius 3 is 2.46 bits per heavy atom. The molecule has 148 valence electrons. The molecule has 5 heteroatoms. The fourth-order valence-corrected chi connectivity index (χ4v) is 3.91. The summed E-state index contributed by atoms with van der Waals surface area (Å²) >= 11 is 0. The maximum absolute atomic E-state index is 11.2. The van der Waals surface area contributed by atoms with Crippen molar-refractivity contribution in [2.24, 2.45) is 0 Å². The van der Waals surface area contributed by atoms with Crippen molar-refractivity contribution < 1.29 is 19.0 Å².